The Hall–Kier alpha value is -0.900. The summed E-state index contributed by atoms with van der Waals surface area (Å²) in [6, 6.07) is 0.580. The fourth-order valence-electron chi connectivity index (χ4n) is 2.51. The van der Waals surface area contributed by atoms with Gasteiger partial charge in [-0.1, -0.05) is 6.92 Å². The molecule has 1 aromatic rings. The molecule has 1 aliphatic carbocycles. The molecule has 3 unspecified atom stereocenters. The van der Waals surface area contributed by atoms with E-state index in [9.17, 15) is 0 Å². The van der Waals surface area contributed by atoms with Crippen molar-refractivity contribution >= 4 is 0 Å². The van der Waals surface area contributed by atoms with Crippen molar-refractivity contribution in [1.82, 2.24) is 14.8 Å². The van der Waals surface area contributed by atoms with Crippen molar-refractivity contribution in [3.05, 3.63) is 11.6 Å². The summed E-state index contributed by atoms with van der Waals surface area (Å²) in [4.78, 5) is 4.34. The largest absolute Gasteiger partial charge is 0.326 e. The highest BCUT2D eigenvalue weighted by atomic mass is 15.4. The Kier molecular flexibility index (Phi) is 2.78. The summed E-state index contributed by atoms with van der Waals surface area (Å²) in [6.45, 7) is 6.23. The lowest BCUT2D eigenvalue weighted by Crippen LogP contribution is -2.38. The number of nitrogens with two attached hydrogens (primary N) is 1. The third-order valence-electron chi connectivity index (χ3n) is 3.35. The van der Waals surface area contributed by atoms with E-state index in [0.717, 1.165) is 30.4 Å². The number of nitrogens with zero attached hydrogens (tertiary/aromatic N) is 3. The van der Waals surface area contributed by atoms with Gasteiger partial charge in [-0.25, -0.2) is 9.67 Å². The third kappa shape index (κ3) is 2.04. The second kappa shape index (κ2) is 3.93. The summed E-state index contributed by atoms with van der Waals surface area (Å²) in [7, 11) is 0. The molecule has 0 aromatic carbocycles. The van der Waals surface area contributed by atoms with Crippen LogP contribution in [0.1, 0.15) is 43.9 Å². The summed E-state index contributed by atoms with van der Waals surface area (Å²) in [5, 5.41) is 4.44. The first kappa shape index (κ1) is 10.6. The SMILES string of the molecule is Cc1nc(C)n(C2CC(C)CCC2N)n1. The van der Waals surface area contributed by atoms with Gasteiger partial charge < -0.3 is 5.73 Å². The normalized spacial score (nSPS) is 31.9. The molecule has 0 aliphatic heterocycles. The highest BCUT2D eigenvalue weighted by Gasteiger charge is 2.29. The number of aromatic nitrogens is 3. The topological polar surface area (TPSA) is 56.7 Å². The monoisotopic (exact) mass is 208 g/mol. The van der Waals surface area contributed by atoms with Gasteiger partial charge in [0.2, 0.25) is 0 Å². The lowest BCUT2D eigenvalue weighted by Gasteiger charge is -2.32. The van der Waals surface area contributed by atoms with E-state index >= 15 is 0 Å². The van der Waals surface area contributed by atoms with Gasteiger partial charge in [0, 0.05) is 6.04 Å². The minimum absolute atomic E-state index is 0.237. The first-order valence-corrected chi connectivity index (χ1v) is 5.73. The highest BCUT2D eigenvalue weighted by Crippen LogP contribution is 2.31. The van der Waals surface area contributed by atoms with E-state index in [0.29, 0.717) is 6.04 Å². The van der Waals surface area contributed by atoms with Gasteiger partial charge in [0.1, 0.15) is 11.6 Å². The van der Waals surface area contributed by atoms with Crippen LogP contribution < -0.4 is 5.73 Å². The molecule has 4 heteroatoms. The van der Waals surface area contributed by atoms with Gasteiger partial charge in [-0.05, 0) is 39.0 Å². The summed E-state index contributed by atoms with van der Waals surface area (Å²) < 4.78 is 2.02. The summed E-state index contributed by atoms with van der Waals surface area (Å²) in [5.41, 5.74) is 6.16. The first-order valence-electron chi connectivity index (χ1n) is 5.73. The molecule has 0 bridgehead atoms. The molecule has 0 spiro atoms. The van der Waals surface area contributed by atoms with Crippen molar-refractivity contribution < 1.29 is 0 Å². The zero-order valence-corrected chi connectivity index (χ0v) is 9.77. The van der Waals surface area contributed by atoms with Crippen LogP contribution in [0, 0.1) is 19.8 Å². The Morgan fingerprint density at radius 2 is 2.07 bits per heavy atom. The van der Waals surface area contributed by atoms with E-state index in [-0.39, 0.29) is 6.04 Å². The average Bonchev–Trinajstić information content (AvgIpc) is 2.50. The lowest BCUT2D eigenvalue weighted by atomic mass is 9.84. The Balaban J connectivity index is 2.24. The first-order chi connectivity index (χ1) is 7.08. The maximum Gasteiger partial charge on any atom is 0.147 e. The average molecular weight is 208 g/mol. The van der Waals surface area contributed by atoms with Crippen LogP contribution >= 0.6 is 0 Å². The highest BCUT2D eigenvalue weighted by molar-refractivity contribution is 4.94. The molecule has 1 heterocycles. The molecule has 3 atom stereocenters. The van der Waals surface area contributed by atoms with Crippen molar-refractivity contribution in [2.24, 2.45) is 11.7 Å². The van der Waals surface area contributed by atoms with Gasteiger partial charge in [-0.2, -0.15) is 5.10 Å². The molecule has 4 nitrogen and oxygen atoms in total. The molecule has 84 valence electrons. The number of rotatable bonds is 1. The summed E-state index contributed by atoms with van der Waals surface area (Å²) in [6.07, 6.45) is 3.47. The van der Waals surface area contributed by atoms with Gasteiger partial charge in [0.25, 0.3) is 0 Å². The molecule has 0 amide bonds. The number of aryl methyl sites for hydroxylation is 2. The molecule has 15 heavy (non-hydrogen) atoms. The number of hydrogen-bond donors (Lipinski definition) is 1. The minimum atomic E-state index is 0.237. The summed E-state index contributed by atoms with van der Waals surface area (Å²) >= 11 is 0. The quantitative estimate of drug-likeness (QED) is 0.762. The predicted octanol–water partition coefficient (Wildman–Crippen LogP) is 1.58. The molecule has 2 N–H and O–H groups in total. The van der Waals surface area contributed by atoms with Crippen LogP contribution in [0.15, 0.2) is 0 Å². The van der Waals surface area contributed by atoms with E-state index in [4.69, 9.17) is 5.73 Å². The van der Waals surface area contributed by atoms with E-state index in [2.05, 4.69) is 17.0 Å². The maximum atomic E-state index is 6.16. The van der Waals surface area contributed by atoms with Crippen LogP contribution in [0.2, 0.25) is 0 Å². The molecule has 1 fully saturated rings. The van der Waals surface area contributed by atoms with Crippen LogP contribution in [0.3, 0.4) is 0 Å². The van der Waals surface area contributed by atoms with Crippen LogP contribution in [0.25, 0.3) is 0 Å². The maximum absolute atomic E-state index is 6.16. The molecule has 0 saturated heterocycles. The Bertz CT molecular complexity index is 344. The minimum Gasteiger partial charge on any atom is -0.326 e. The second-order valence-corrected chi connectivity index (χ2v) is 4.80. The predicted molar refractivity (Wildman–Crippen MR) is 59.5 cm³/mol. The van der Waals surface area contributed by atoms with Crippen molar-refractivity contribution in [1.29, 1.82) is 0 Å². The van der Waals surface area contributed by atoms with E-state index < -0.39 is 0 Å². The molecule has 2 rings (SSSR count). The molecular formula is C11H20N4. The third-order valence-corrected chi connectivity index (χ3v) is 3.35. The Morgan fingerprint density at radius 1 is 1.33 bits per heavy atom. The van der Waals surface area contributed by atoms with Crippen LogP contribution in [-0.4, -0.2) is 20.8 Å². The van der Waals surface area contributed by atoms with Gasteiger partial charge in [0.15, 0.2) is 0 Å². The van der Waals surface area contributed by atoms with Crippen molar-refractivity contribution in [3.8, 4) is 0 Å². The second-order valence-electron chi connectivity index (χ2n) is 4.80. The van der Waals surface area contributed by atoms with E-state index in [1.54, 1.807) is 0 Å². The van der Waals surface area contributed by atoms with Crippen LogP contribution in [0.4, 0.5) is 0 Å². The lowest BCUT2D eigenvalue weighted by molar-refractivity contribution is 0.229. The van der Waals surface area contributed by atoms with Gasteiger partial charge in [0.05, 0.1) is 6.04 Å². The molecule has 1 saturated carbocycles. The van der Waals surface area contributed by atoms with Gasteiger partial charge in [-0.15, -0.1) is 0 Å². The van der Waals surface area contributed by atoms with E-state index in [1.807, 2.05) is 18.5 Å². The van der Waals surface area contributed by atoms with Crippen molar-refractivity contribution in [2.45, 2.75) is 52.1 Å². The fraction of sp³-hybridized carbons (Fsp3) is 0.818. The number of hydrogen-bond acceptors (Lipinski definition) is 3. The fourth-order valence-corrected chi connectivity index (χ4v) is 2.51. The molecule has 1 aliphatic rings. The van der Waals surface area contributed by atoms with Crippen LogP contribution in [-0.2, 0) is 0 Å². The molecule has 1 aromatic heterocycles. The molecular weight excluding hydrogens is 188 g/mol. The smallest absolute Gasteiger partial charge is 0.147 e. The molecule has 0 radical (unpaired) electrons. The van der Waals surface area contributed by atoms with E-state index in [1.165, 1.54) is 6.42 Å². The zero-order chi connectivity index (χ0) is 11.0. The van der Waals surface area contributed by atoms with Crippen LogP contribution in [0.5, 0.6) is 0 Å². The summed E-state index contributed by atoms with van der Waals surface area (Å²) in [5.74, 6) is 2.58. The van der Waals surface area contributed by atoms with Crippen molar-refractivity contribution in [3.63, 3.8) is 0 Å². The van der Waals surface area contributed by atoms with Gasteiger partial charge in [-0.3, -0.25) is 0 Å². The zero-order valence-electron chi connectivity index (χ0n) is 9.77. The Labute approximate surface area is 90.9 Å². The van der Waals surface area contributed by atoms with Gasteiger partial charge >= 0.3 is 0 Å². The van der Waals surface area contributed by atoms with Crippen molar-refractivity contribution in [2.75, 3.05) is 0 Å². The standard InChI is InChI=1S/C11H20N4/c1-7-4-5-10(12)11(6-7)15-9(3)13-8(2)14-15/h7,10-11H,4-6,12H2,1-3H3. The Morgan fingerprint density at radius 3 is 2.67 bits per heavy atom.